The van der Waals surface area contributed by atoms with E-state index in [0.29, 0.717) is 13.1 Å². The number of hydrogen-bond acceptors (Lipinski definition) is 6. The summed E-state index contributed by atoms with van der Waals surface area (Å²) < 4.78 is 50.7. The molecule has 0 radical (unpaired) electrons. The van der Waals surface area contributed by atoms with Crippen molar-refractivity contribution >= 4 is 19.7 Å². The zero-order valence-corrected chi connectivity index (χ0v) is 16.4. The number of piperazine rings is 1. The predicted octanol–water partition coefficient (Wildman–Crippen LogP) is 0.572. The maximum atomic E-state index is 13.1. The molecule has 0 unspecified atom stereocenters. The summed E-state index contributed by atoms with van der Waals surface area (Å²) in [5.74, 6) is -0.337. The first-order valence-corrected chi connectivity index (χ1v) is 12.1. The lowest BCUT2D eigenvalue weighted by molar-refractivity contribution is 0.109. The van der Waals surface area contributed by atoms with E-state index in [4.69, 9.17) is 0 Å². The van der Waals surface area contributed by atoms with Crippen molar-refractivity contribution in [3.8, 4) is 0 Å². The van der Waals surface area contributed by atoms with Gasteiger partial charge >= 0.3 is 0 Å². The zero-order valence-electron chi connectivity index (χ0n) is 14.8. The highest BCUT2D eigenvalue weighted by Crippen LogP contribution is 2.29. The third-order valence-corrected chi connectivity index (χ3v) is 9.48. The van der Waals surface area contributed by atoms with Crippen molar-refractivity contribution in [1.29, 1.82) is 0 Å². The van der Waals surface area contributed by atoms with E-state index in [0.717, 1.165) is 25.2 Å². The van der Waals surface area contributed by atoms with E-state index in [1.165, 1.54) is 0 Å². The second kappa shape index (κ2) is 6.98. The molecule has 0 aromatic heterocycles. The Labute approximate surface area is 150 Å². The number of hydrogen-bond donors (Lipinski definition) is 0. The summed E-state index contributed by atoms with van der Waals surface area (Å²) in [6.45, 7) is 8.09. The Morgan fingerprint density at radius 3 is 2.20 bits per heavy atom. The number of aryl methyl sites for hydroxylation is 1. The molecule has 2 atom stereocenters. The molecule has 3 rings (SSSR count). The Balaban J connectivity index is 1.88. The molecule has 2 aliphatic rings. The molecule has 0 amide bonds. The molecule has 1 aromatic carbocycles. The molecule has 0 spiro atoms. The Morgan fingerprint density at radius 1 is 1.04 bits per heavy atom. The normalized spacial score (nSPS) is 28.2. The molecule has 0 N–H and O–H groups in total. The summed E-state index contributed by atoms with van der Waals surface area (Å²) in [4.78, 5) is 4.58. The van der Waals surface area contributed by atoms with Gasteiger partial charge in [0, 0.05) is 32.2 Å². The van der Waals surface area contributed by atoms with Gasteiger partial charge in [0.2, 0.25) is 0 Å². The highest BCUT2D eigenvalue weighted by molar-refractivity contribution is 7.96. The van der Waals surface area contributed by atoms with Gasteiger partial charge in [0.15, 0.2) is 19.7 Å². The van der Waals surface area contributed by atoms with E-state index in [9.17, 15) is 16.8 Å². The van der Waals surface area contributed by atoms with Crippen LogP contribution in [0.3, 0.4) is 0 Å². The van der Waals surface area contributed by atoms with Gasteiger partial charge in [0.25, 0.3) is 0 Å². The van der Waals surface area contributed by atoms with Gasteiger partial charge in [-0.25, -0.2) is 16.8 Å². The van der Waals surface area contributed by atoms with E-state index in [1.807, 2.05) is 6.92 Å². The predicted molar refractivity (Wildman–Crippen MR) is 98.3 cm³/mol. The molecule has 6 nitrogen and oxygen atoms in total. The van der Waals surface area contributed by atoms with Crippen LogP contribution < -0.4 is 0 Å². The van der Waals surface area contributed by atoms with Crippen molar-refractivity contribution in [2.24, 2.45) is 0 Å². The summed E-state index contributed by atoms with van der Waals surface area (Å²) >= 11 is 0. The maximum Gasteiger partial charge on any atom is 0.183 e. The minimum Gasteiger partial charge on any atom is -0.301 e. The summed E-state index contributed by atoms with van der Waals surface area (Å²) in [5, 5.41) is -0.881. The van der Waals surface area contributed by atoms with Gasteiger partial charge in [0.05, 0.1) is 21.7 Å². The zero-order chi connectivity index (χ0) is 18.2. The summed E-state index contributed by atoms with van der Waals surface area (Å²) in [6, 6.07) is 6.23. The van der Waals surface area contributed by atoms with Crippen LogP contribution >= 0.6 is 0 Å². The Morgan fingerprint density at radius 2 is 1.64 bits per heavy atom. The first-order valence-electron chi connectivity index (χ1n) is 8.70. The van der Waals surface area contributed by atoms with Crippen molar-refractivity contribution in [1.82, 2.24) is 9.80 Å². The van der Waals surface area contributed by atoms with E-state index < -0.39 is 31.0 Å². The highest BCUT2D eigenvalue weighted by atomic mass is 32.2. The Kier molecular flexibility index (Phi) is 5.26. The Hall–Kier alpha value is -0.960. The van der Waals surface area contributed by atoms with Gasteiger partial charge in [-0.3, -0.25) is 4.90 Å². The molecule has 2 fully saturated rings. The van der Waals surface area contributed by atoms with Crippen LogP contribution in [0.15, 0.2) is 29.2 Å². The molecule has 0 aliphatic carbocycles. The van der Waals surface area contributed by atoms with Crippen LogP contribution in [-0.2, 0) is 19.7 Å². The van der Waals surface area contributed by atoms with Crippen LogP contribution in [0.2, 0.25) is 0 Å². The SMILES string of the molecule is CCN1CCN([C@H]2CS(=O)(=O)C[C@@H]2S(=O)(=O)c2ccc(C)cc2)CC1. The fraction of sp³-hybridized carbons (Fsp3) is 0.647. The number of rotatable bonds is 4. The fourth-order valence-corrected chi connectivity index (χ4v) is 8.58. The number of nitrogens with zero attached hydrogens (tertiary/aromatic N) is 2. The third kappa shape index (κ3) is 3.92. The molecule has 0 saturated carbocycles. The van der Waals surface area contributed by atoms with Gasteiger partial charge in [-0.05, 0) is 25.6 Å². The smallest absolute Gasteiger partial charge is 0.183 e. The van der Waals surface area contributed by atoms with E-state index in [2.05, 4.69) is 16.7 Å². The molecule has 0 bridgehead atoms. The van der Waals surface area contributed by atoms with Crippen molar-refractivity contribution in [3.05, 3.63) is 29.8 Å². The molecular weight excluding hydrogens is 360 g/mol. The molecule has 140 valence electrons. The van der Waals surface area contributed by atoms with Gasteiger partial charge in [-0.2, -0.15) is 0 Å². The Bertz CT molecular complexity index is 811. The quantitative estimate of drug-likeness (QED) is 0.753. The van der Waals surface area contributed by atoms with Crippen LogP contribution in [0.1, 0.15) is 12.5 Å². The van der Waals surface area contributed by atoms with E-state index in [-0.39, 0.29) is 16.4 Å². The van der Waals surface area contributed by atoms with Gasteiger partial charge < -0.3 is 4.90 Å². The van der Waals surface area contributed by atoms with Crippen LogP contribution in [-0.4, -0.2) is 82.2 Å². The summed E-state index contributed by atoms with van der Waals surface area (Å²) in [6.07, 6.45) is 0. The molecule has 2 heterocycles. The van der Waals surface area contributed by atoms with Crippen LogP contribution in [0.5, 0.6) is 0 Å². The average molecular weight is 387 g/mol. The van der Waals surface area contributed by atoms with Crippen LogP contribution in [0.4, 0.5) is 0 Å². The monoisotopic (exact) mass is 386 g/mol. The molecule has 2 aliphatic heterocycles. The van der Waals surface area contributed by atoms with Crippen LogP contribution in [0, 0.1) is 6.92 Å². The standard InChI is InChI=1S/C17H26N2O4S2/c1-3-18-8-10-19(11-9-18)16-12-24(20,21)13-17(16)25(22,23)15-6-4-14(2)5-7-15/h4-7,16-17H,3,8-13H2,1-2H3/t16-,17-/m0/s1. The second-order valence-corrected chi connectivity index (χ2v) is 11.3. The minimum atomic E-state index is -3.68. The van der Waals surface area contributed by atoms with Crippen LogP contribution in [0.25, 0.3) is 0 Å². The highest BCUT2D eigenvalue weighted by Gasteiger charge is 2.48. The first-order chi connectivity index (χ1) is 11.7. The average Bonchev–Trinajstić information content (AvgIpc) is 2.92. The largest absolute Gasteiger partial charge is 0.301 e. The summed E-state index contributed by atoms with van der Waals surface area (Å²) in [7, 11) is -7.03. The molecule has 25 heavy (non-hydrogen) atoms. The number of benzene rings is 1. The third-order valence-electron chi connectivity index (χ3n) is 5.34. The molecule has 2 saturated heterocycles. The van der Waals surface area contributed by atoms with Crippen molar-refractivity contribution in [2.45, 2.75) is 30.0 Å². The molecule has 8 heteroatoms. The lowest BCUT2D eigenvalue weighted by Gasteiger charge is -2.38. The second-order valence-electron chi connectivity index (χ2n) is 7.01. The van der Waals surface area contributed by atoms with E-state index in [1.54, 1.807) is 24.3 Å². The summed E-state index contributed by atoms with van der Waals surface area (Å²) in [5.41, 5.74) is 0.977. The molecule has 1 aromatic rings. The minimum absolute atomic E-state index is 0.0606. The van der Waals surface area contributed by atoms with Crippen molar-refractivity contribution in [2.75, 3.05) is 44.2 Å². The maximum absolute atomic E-state index is 13.1. The molecular formula is C17H26N2O4S2. The van der Waals surface area contributed by atoms with E-state index >= 15 is 0 Å². The lowest BCUT2D eigenvalue weighted by atomic mass is 10.2. The van der Waals surface area contributed by atoms with Crippen molar-refractivity contribution < 1.29 is 16.8 Å². The first kappa shape index (κ1) is 18.8. The number of likely N-dealkylation sites (N-methyl/N-ethyl adjacent to an activating group) is 1. The van der Waals surface area contributed by atoms with Gasteiger partial charge in [0.1, 0.15) is 0 Å². The lowest BCUT2D eigenvalue weighted by Crippen LogP contribution is -2.54. The topological polar surface area (TPSA) is 74.8 Å². The number of sulfone groups is 2. The fourth-order valence-electron chi connectivity index (χ4n) is 3.75. The van der Waals surface area contributed by atoms with Gasteiger partial charge in [-0.15, -0.1) is 0 Å². The van der Waals surface area contributed by atoms with Crippen molar-refractivity contribution in [3.63, 3.8) is 0 Å². The van der Waals surface area contributed by atoms with Gasteiger partial charge in [-0.1, -0.05) is 24.6 Å².